The monoisotopic (exact) mass is 445 g/mol. The Morgan fingerprint density at radius 3 is 2.66 bits per heavy atom. The van der Waals surface area contributed by atoms with E-state index in [4.69, 9.17) is 0 Å². The van der Waals surface area contributed by atoms with E-state index in [1.165, 1.54) is 19.4 Å². The number of carboxylic acid groups (broad SMARTS) is 1. The van der Waals surface area contributed by atoms with Gasteiger partial charge in [0.25, 0.3) is 0 Å². The van der Waals surface area contributed by atoms with Crippen molar-refractivity contribution in [3.05, 3.63) is 53.6 Å². The highest BCUT2D eigenvalue weighted by molar-refractivity contribution is 5.99. The van der Waals surface area contributed by atoms with Crippen LogP contribution in [0.5, 0.6) is 0 Å². The lowest BCUT2D eigenvalue weighted by Gasteiger charge is -2.38. The van der Waals surface area contributed by atoms with Crippen LogP contribution in [0.15, 0.2) is 36.5 Å². The normalized spacial score (nSPS) is 16.3. The van der Waals surface area contributed by atoms with Crippen molar-refractivity contribution in [3.63, 3.8) is 0 Å². The van der Waals surface area contributed by atoms with Crippen LogP contribution in [0.4, 0.5) is 25.4 Å². The number of anilines is 2. The number of rotatable bonds is 5. The highest BCUT2D eigenvalue weighted by atomic mass is 19.1. The third-order valence-electron chi connectivity index (χ3n) is 5.05. The van der Waals surface area contributed by atoms with E-state index in [0.29, 0.717) is 12.2 Å². The zero-order valence-electron chi connectivity index (χ0n) is 17.7. The summed E-state index contributed by atoms with van der Waals surface area (Å²) in [5.74, 6) is -1.79. The molecule has 1 atom stereocenters. The fourth-order valence-electron chi connectivity index (χ4n) is 3.40. The Morgan fingerprint density at radius 2 is 2.00 bits per heavy atom. The quantitative estimate of drug-likeness (QED) is 0.646. The molecule has 0 aliphatic carbocycles. The molecule has 2 heterocycles. The van der Waals surface area contributed by atoms with Crippen LogP contribution >= 0.6 is 0 Å². The number of amides is 3. The van der Waals surface area contributed by atoms with Gasteiger partial charge < -0.3 is 20.5 Å². The van der Waals surface area contributed by atoms with E-state index in [0.717, 1.165) is 10.6 Å². The molecule has 10 nitrogen and oxygen atoms in total. The summed E-state index contributed by atoms with van der Waals surface area (Å²) in [6, 6.07) is 6.29. The van der Waals surface area contributed by atoms with Gasteiger partial charge in [0.05, 0.1) is 24.7 Å². The SMILES string of the molecule is COC(=O)N1CCN(Cc2cccc(NC(=O)Nc3ccc(C)nc3)c2F)C[C@H]1C(=O)O. The van der Waals surface area contributed by atoms with Gasteiger partial charge in [-0.1, -0.05) is 12.1 Å². The maximum absolute atomic E-state index is 15.0. The third-order valence-corrected chi connectivity index (χ3v) is 5.05. The number of nitrogens with one attached hydrogen (secondary N) is 2. The maximum Gasteiger partial charge on any atom is 0.410 e. The molecule has 1 fully saturated rings. The number of carbonyl (C=O) groups excluding carboxylic acids is 2. The topological polar surface area (TPSA) is 124 Å². The van der Waals surface area contributed by atoms with E-state index < -0.39 is 30.0 Å². The fraction of sp³-hybridized carbons (Fsp3) is 0.333. The number of carbonyl (C=O) groups is 3. The van der Waals surface area contributed by atoms with Gasteiger partial charge in [-0.3, -0.25) is 14.8 Å². The first kappa shape index (κ1) is 22.9. The van der Waals surface area contributed by atoms with Crippen LogP contribution in [0, 0.1) is 12.7 Å². The Bertz CT molecular complexity index is 1000. The van der Waals surface area contributed by atoms with Crippen molar-refractivity contribution in [2.24, 2.45) is 0 Å². The van der Waals surface area contributed by atoms with Gasteiger partial charge in [-0.2, -0.15) is 0 Å². The summed E-state index contributed by atoms with van der Waals surface area (Å²) in [6.45, 7) is 2.43. The van der Waals surface area contributed by atoms with Gasteiger partial charge in [-0.05, 0) is 25.1 Å². The Kier molecular flexibility index (Phi) is 7.21. The van der Waals surface area contributed by atoms with Crippen LogP contribution in [0.25, 0.3) is 0 Å². The van der Waals surface area contributed by atoms with Crippen molar-refractivity contribution in [3.8, 4) is 0 Å². The molecule has 0 bridgehead atoms. The molecule has 3 N–H and O–H groups in total. The average Bonchev–Trinajstić information content (AvgIpc) is 2.77. The molecule has 1 aliphatic rings. The van der Waals surface area contributed by atoms with Gasteiger partial charge in [0.2, 0.25) is 0 Å². The zero-order chi connectivity index (χ0) is 23.3. The molecule has 1 aliphatic heterocycles. The number of halogens is 1. The van der Waals surface area contributed by atoms with Gasteiger partial charge in [0, 0.05) is 37.4 Å². The van der Waals surface area contributed by atoms with E-state index in [1.54, 1.807) is 29.2 Å². The molecule has 0 unspecified atom stereocenters. The van der Waals surface area contributed by atoms with Crippen LogP contribution in [-0.2, 0) is 16.1 Å². The van der Waals surface area contributed by atoms with Crippen molar-refractivity contribution in [2.75, 3.05) is 37.4 Å². The number of methoxy groups -OCH3 is 1. The van der Waals surface area contributed by atoms with E-state index in [9.17, 15) is 19.5 Å². The minimum absolute atomic E-state index is 0.0111. The average molecular weight is 445 g/mol. The second-order valence-corrected chi connectivity index (χ2v) is 7.30. The van der Waals surface area contributed by atoms with Crippen molar-refractivity contribution in [1.29, 1.82) is 0 Å². The predicted octanol–water partition coefficient (Wildman–Crippen LogP) is 2.51. The number of carboxylic acids is 1. The second kappa shape index (κ2) is 10.1. The van der Waals surface area contributed by atoms with Crippen LogP contribution in [0.2, 0.25) is 0 Å². The molecule has 0 spiro atoms. The number of benzene rings is 1. The Balaban J connectivity index is 1.66. The van der Waals surface area contributed by atoms with E-state index >= 15 is 4.39 Å². The summed E-state index contributed by atoms with van der Waals surface area (Å²) in [4.78, 5) is 42.6. The Hall–Kier alpha value is -3.73. The molecule has 11 heteroatoms. The number of aromatic nitrogens is 1. The number of nitrogens with zero attached hydrogens (tertiary/aromatic N) is 3. The molecular weight excluding hydrogens is 421 g/mol. The lowest BCUT2D eigenvalue weighted by molar-refractivity contribution is -0.145. The number of urea groups is 1. The molecule has 1 aromatic carbocycles. The summed E-state index contributed by atoms with van der Waals surface area (Å²) < 4.78 is 19.7. The van der Waals surface area contributed by atoms with E-state index in [2.05, 4.69) is 20.4 Å². The summed E-state index contributed by atoms with van der Waals surface area (Å²) in [5.41, 5.74) is 1.54. The first-order valence-corrected chi connectivity index (χ1v) is 9.86. The minimum atomic E-state index is -1.17. The molecule has 2 aromatic rings. The lowest BCUT2D eigenvalue weighted by Crippen LogP contribution is -2.58. The number of ether oxygens (including phenoxy) is 1. The predicted molar refractivity (Wildman–Crippen MR) is 114 cm³/mol. The standard InChI is InChI=1S/C21H24FN5O5/c1-13-6-7-15(10-23-13)24-20(30)25-16-5-3-4-14(18(16)22)11-26-8-9-27(21(31)32-2)17(12-26)19(28)29/h3-7,10,17H,8-9,11-12H2,1-2H3,(H,28,29)(H2,24,25,30)/t17-/m0/s1. The van der Waals surface area contributed by atoms with Crippen LogP contribution in [-0.4, -0.2) is 70.8 Å². The number of hydrogen-bond donors (Lipinski definition) is 3. The minimum Gasteiger partial charge on any atom is -0.480 e. The molecule has 1 saturated heterocycles. The highest BCUT2D eigenvalue weighted by Gasteiger charge is 2.36. The fourth-order valence-corrected chi connectivity index (χ4v) is 3.40. The zero-order valence-corrected chi connectivity index (χ0v) is 17.7. The van der Waals surface area contributed by atoms with Crippen molar-refractivity contribution < 1.29 is 28.6 Å². The molecule has 0 radical (unpaired) electrons. The summed E-state index contributed by atoms with van der Waals surface area (Å²) in [5, 5.41) is 14.5. The molecule has 0 saturated carbocycles. The second-order valence-electron chi connectivity index (χ2n) is 7.30. The van der Waals surface area contributed by atoms with Crippen LogP contribution < -0.4 is 10.6 Å². The molecule has 170 valence electrons. The van der Waals surface area contributed by atoms with Gasteiger partial charge in [0.1, 0.15) is 6.04 Å². The largest absolute Gasteiger partial charge is 0.480 e. The molecule has 1 aromatic heterocycles. The Labute approximate surface area is 184 Å². The van der Waals surface area contributed by atoms with Gasteiger partial charge in [0.15, 0.2) is 5.82 Å². The number of hydrogen-bond acceptors (Lipinski definition) is 6. The number of aliphatic carboxylic acids is 1. The van der Waals surface area contributed by atoms with Crippen molar-refractivity contribution >= 4 is 29.5 Å². The van der Waals surface area contributed by atoms with Crippen molar-refractivity contribution in [2.45, 2.75) is 19.5 Å². The maximum atomic E-state index is 15.0. The molecule has 3 amide bonds. The van der Waals surface area contributed by atoms with Crippen molar-refractivity contribution in [1.82, 2.24) is 14.8 Å². The number of piperazine rings is 1. The molecule has 32 heavy (non-hydrogen) atoms. The van der Waals surface area contributed by atoms with Crippen LogP contribution in [0.3, 0.4) is 0 Å². The van der Waals surface area contributed by atoms with E-state index in [1.807, 2.05) is 6.92 Å². The smallest absolute Gasteiger partial charge is 0.410 e. The van der Waals surface area contributed by atoms with Gasteiger partial charge in [-0.25, -0.2) is 18.8 Å². The Morgan fingerprint density at radius 1 is 1.22 bits per heavy atom. The summed E-state index contributed by atoms with van der Waals surface area (Å²) >= 11 is 0. The van der Waals surface area contributed by atoms with E-state index in [-0.39, 0.29) is 30.9 Å². The molecular formula is C21H24FN5O5. The highest BCUT2D eigenvalue weighted by Crippen LogP contribution is 2.22. The molecule has 3 rings (SSSR count). The lowest BCUT2D eigenvalue weighted by atomic mass is 10.1. The summed E-state index contributed by atoms with van der Waals surface area (Å²) in [6.07, 6.45) is 0.776. The van der Waals surface area contributed by atoms with Gasteiger partial charge in [-0.15, -0.1) is 0 Å². The first-order valence-electron chi connectivity index (χ1n) is 9.86. The van der Waals surface area contributed by atoms with Gasteiger partial charge >= 0.3 is 18.1 Å². The number of pyridine rings is 1. The van der Waals surface area contributed by atoms with Crippen LogP contribution in [0.1, 0.15) is 11.3 Å². The summed E-state index contributed by atoms with van der Waals surface area (Å²) in [7, 11) is 1.19. The first-order chi connectivity index (χ1) is 15.3. The number of aryl methyl sites for hydroxylation is 1. The third kappa shape index (κ3) is 5.49.